The van der Waals surface area contributed by atoms with E-state index in [9.17, 15) is 19.2 Å². The first-order valence-corrected chi connectivity index (χ1v) is 11.3. The van der Waals surface area contributed by atoms with E-state index in [4.69, 9.17) is 4.74 Å². The van der Waals surface area contributed by atoms with Crippen LogP contribution in [0.1, 0.15) is 80.5 Å². The van der Waals surface area contributed by atoms with Crippen molar-refractivity contribution in [2.45, 2.75) is 45.4 Å². The average Bonchev–Trinajstić information content (AvgIpc) is 3.23. The summed E-state index contributed by atoms with van der Waals surface area (Å²) in [4.78, 5) is 52.5. The fraction of sp³-hybridized carbons (Fsp3) is 0.391. The molecular weight excluding hydrogens is 416 g/mol. The summed E-state index contributed by atoms with van der Waals surface area (Å²) in [6.45, 7) is 4.07. The molecule has 1 aliphatic carbocycles. The predicted molar refractivity (Wildman–Crippen MR) is 117 cm³/mol. The van der Waals surface area contributed by atoms with Gasteiger partial charge in [-0.25, -0.2) is 4.79 Å². The molecule has 8 heteroatoms. The van der Waals surface area contributed by atoms with Crippen LogP contribution in [0.4, 0.5) is 5.00 Å². The molecule has 1 unspecified atom stereocenters. The maximum atomic E-state index is 12.7. The summed E-state index contributed by atoms with van der Waals surface area (Å²) in [6.07, 6.45) is 2.86. The molecule has 0 fully saturated rings. The van der Waals surface area contributed by atoms with E-state index >= 15 is 0 Å². The minimum atomic E-state index is -0.426. The van der Waals surface area contributed by atoms with Crippen molar-refractivity contribution in [2.24, 2.45) is 0 Å². The average molecular weight is 441 g/mol. The third-order valence-corrected chi connectivity index (χ3v) is 6.91. The lowest BCUT2D eigenvalue weighted by Crippen LogP contribution is -2.33. The maximum Gasteiger partial charge on any atom is 0.341 e. The Hall–Kier alpha value is -3.00. The van der Waals surface area contributed by atoms with Gasteiger partial charge >= 0.3 is 5.97 Å². The predicted octanol–water partition coefficient (Wildman–Crippen LogP) is 3.99. The van der Waals surface area contributed by atoms with Gasteiger partial charge in [-0.15, -0.1) is 11.3 Å². The van der Waals surface area contributed by atoms with Crippen molar-refractivity contribution in [3.63, 3.8) is 0 Å². The molecule has 1 aliphatic heterocycles. The number of carbonyl (C=O) groups excluding carboxylic acids is 4. The van der Waals surface area contributed by atoms with Crippen molar-refractivity contribution >= 4 is 40.0 Å². The topological polar surface area (TPSA) is 92.8 Å². The number of amides is 3. The number of anilines is 1. The molecule has 3 amide bonds. The minimum absolute atomic E-state index is 0.0194. The first-order chi connectivity index (χ1) is 14.9. The molecule has 31 heavy (non-hydrogen) atoms. The number of hydrogen-bond acceptors (Lipinski definition) is 6. The third kappa shape index (κ3) is 3.87. The number of ether oxygens (including phenoxy) is 1. The summed E-state index contributed by atoms with van der Waals surface area (Å²) in [7, 11) is 0. The second-order valence-electron chi connectivity index (χ2n) is 7.76. The molecule has 162 valence electrons. The fourth-order valence-electron chi connectivity index (χ4n) is 4.25. The number of fused-ring (bicyclic) bond motifs is 2. The fourth-order valence-corrected chi connectivity index (χ4v) is 5.62. The van der Waals surface area contributed by atoms with Crippen LogP contribution in [0, 0.1) is 0 Å². The van der Waals surface area contributed by atoms with E-state index in [0.717, 1.165) is 34.6 Å². The van der Waals surface area contributed by atoms with Gasteiger partial charge in [0.25, 0.3) is 11.8 Å². The highest BCUT2D eigenvalue weighted by atomic mass is 32.1. The Morgan fingerprint density at radius 3 is 2.52 bits per heavy atom. The van der Waals surface area contributed by atoms with Gasteiger partial charge in [0.2, 0.25) is 5.91 Å². The summed E-state index contributed by atoms with van der Waals surface area (Å²) in [5.41, 5.74) is 2.14. The maximum absolute atomic E-state index is 12.7. The lowest BCUT2D eigenvalue weighted by Gasteiger charge is -2.19. The molecule has 7 nitrogen and oxygen atoms in total. The Bertz CT molecular complexity index is 1040. The van der Waals surface area contributed by atoms with Crippen molar-refractivity contribution < 1.29 is 23.9 Å². The van der Waals surface area contributed by atoms with Gasteiger partial charge in [0.15, 0.2) is 0 Å². The van der Waals surface area contributed by atoms with Crippen molar-refractivity contribution in [3.8, 4) is 0 Å². The van der Waals surface area contributed by atoms with E-state index in [-0.39, 0.29) is 43.2 Å². The van der Waals surface area contributed by atoms with E-state index < -0.39 is 5.97 Å². The van der Waals surface area contributed by atoms with Gasteiger partial charge in [0.1, 0.15) is 5.00 Å². The second-order valence-corrected chi connectivity index (χ2v) is 8.87. The molecule has 0 radical (unpaired) electrons. The van der Waals surface area contributed by atoms with E-state index in [1.807, 2.05) is 0 Å². The number of benzene rings is 1. The third-order valence-electron chi connectivity index (χ3n) is 5.73. The van der Waals surface area contributed by atoms with E-state index in [0.29, 0.717) is 21.7 Å². The smallest absolute Gasteiger partial charge is 0.341 e. The number of hydrogen-bond donors (Lipinski definition) is 1. The summed E-state index contributed by atoms with van der Waals surface area (Å²) < 4.78 is 5.25. The molecule has 0 saturated carbocycles. The number of esters is 1. The van der Waals surface area contributed by atoms with Crippen LogP contribution in [-0.2, 0) is 16.0 Å². The molecular formula is C23H24N2O5S. The van der Waals surface area contributed by atoms with E-state index in [1.54, 1.807) is 31.2 Å². The Labute approximate surface area is 184 Å². The number of carbonyl (C=O) groups is 4. The van der Waals surface area contributed by atoms with Crippen LogP contribution in [0.5, 0.6) is 0 Å². The van der Waals surface area contributed by atoms with Crippen molar-refractivity contribution in [1.82, 2.24) is 4.90 Å². The van der Waals surface area contributed by atoms with Crippen LogP contribution < -0.4 is 5.32 Å². The summed E-state index contributed by atoms with van der Waals surface area (Å²) in [5, 5.41) is 3.32. The molecule has 4 rings (SSSR count). The van der Waals surface area contributed by atoms with Crippen LogP contribution in [0.25, 0.3) is 0 Å². The van der Waals surface area contributed by atoms with Gasteiger partial charge in [-0.2, -0.15) is 0 Å². The van der Waals surface area contributed by atoms with Crippen LogP contribution in [0.3, 0.4) is 0 Å². The zero-order valence-corrected chi connectivity index (χ0v) is 18.3. The molecule has 0 saturated heterocycles. The zero-order chi connectivity index (χ0) is 22.1. The molecule has 0 spiro atoms. The SMILES string of the molecule is CCOC(=O)c1c(NC(=O)CCN2C(=O)c3ccccc3C2=O)sc2c1C(C)CCC2. The molecule has 1 N–H and O–H groups in total. The number of nitrogens with one attached hydrogen (secondary N) is 1. The van der Waals surface area contributed by atoms with Gasteiger partial charge in [0.05, 0.1) is 23.3 Å². The zero-order valence-electron chi connectivity index (χ0n) is 17.5. The summed E-state index contributed by atoms with van der Waals surface area (Å²) in [6, 6.07) is 6.63. The number of nitrogens with zero attached hydrogens (tertiary/aromatic N) is 1. The highest BCUT2D eigenvalue weighted by Crippen LogP contribution is 2.43. The molecule has 1 aromatic heterocycles. The quantitative estimate of drug-likeness (QED) is 0.542. The largest absolute Gasteiger partial charge is 0.462 e. The summed E-state index contributed by atoms with van der Waals surface area (Å²) >= 11 is 1.42. The molecule has 0 bridgehead atoms. The number of thiophene rings is 1. The molecule has 2 aromatic rings. The first kappa shape index (κ1) is 21.2. The minimum Gasteiger partial charge on any atom is -0.462 e. The highest BCUT2D eigenvalue weighted by Gasteiger charge is 2.35. The van der Waals surface area contributed by atoms with Crippen LogP contribution >= 0.6 is 11.3 Å². The lowest BCUT2D eigenvalue weighted by atomic mass is 9.86. The number of rotatable bonds is 6. The molecule has 2 aliphatic rings. The lowest BCUT2D eigenvalue weighted by molar-refractivity contribution is -0.116. The number of aryl methyl sites for hydroxylation is 1. The van der Waals surface area contributed by atoms with E-state index in [1.165, 1.54) is 11.3 Å². The van der Waals surface area contributed by atoms with Crippen molar-refractivity contribution in [1.29, 1.82) is 0 Å². The Morgan fingerprint density at radius 1 is 1.19 bits per heavy atom. The monoisotopic (exact) mass is 440 g/mol. The standard InChI is InChI=1S/C23H24N2O5S/c1-3-30-23(29)19-18-13(2)7-6-10-16(18)31-20(19)24-17(26)11-12-25-21(27)14-8-4-5-9-15(14)22(25)28/h4-5,8-9,13H,3,6-7,10-12H2,1-2H3,(H,24,26). The Kier molecular flexibility index (Phi) is 5.91. The van der Waals surface area contributed by atoms with Crippen LogP contribution in [0.2, 0.25) is 0 Å². The normalized spacial score (nSPS) is 17.4. The van der Waals surface area contributed by atoms with Crippen LogP contribution in [0.15, 0.2) is 24.3 Å². The van der Waals surface area contributed by atoms with Gasteiger partial charge in [-0.3, -0.25) is 19.3 Å². The molecule has 1 aromatic carbocycles. The van der Waals surface area contributed by atoms with Gasteiger partial charge in [-0.1, -0.05) is 19.1 Å². The molecule has 1 atom stereocenters. The Morgan fingerprint density at radius 2 is 1.87 bits per heavy atom. The first-order valence-electron chi connectivity index (χ1n) is 10.5. The van der Waals surface area contributed by atoms with Gasteiger partial charge < -0.3 is 10.1 Å². The van der Waals surface area contributed by atoms with E-state index in [2.05, 4.69) is 12.2 Å². The van der Waals surface area contributed by atoms with Crippen molar-refractivity contribution in [2.75, 3.05) is 18.5 Å². The second kappa shape index (κ2) is 8.63. The van der Waals surface area contributed by atoms with Gasteiger partial charge in [0, 0.05) is 17.8 Å². The molecule has 2 heterocycles. The highest BCUT2D eigenvalue weighted by molar-refractivity contribution is 7.17. The Balaban J connectivity index is 1.49. The number of imide groups is 1. The summed E-state index contributed by atoms with van der Waals surface area (Å²) in [5.74, 6) is -1.33. The van der Waals surface area contributed by atoms with Crippen molar-refractivity contribution in [3.05, 3.63) is 51.4 Å². The van der Waals surface area contributed by atoms with Crippen LogP contribution in [-0.4, -0.2) is 41.7 Å². The van der Waals surface area contributed by atoms with Gasteiger partial charge in [-0.05, 0) is 49.8 Å².